The maximum Gasteiger partial charge on any atom is 0.256 e. The van der Waals surface area contributed by atoms with Gasteiger partial charge in [-0.25, -0.2) is 17.1 Å². The molecular formula is C14H14ClFN2O3S2. The predicted octanol–water partition coefficient (Wildman–Crippen LogP) is 2.72. The second-order valence-corrected chi connectivity index (χ2v) is 8.74. The third-order valence-electron chi connectivity index (χ3n) is 2.98. The van der Waals surface area contributed by atoms with Crippen molar-refractivity contribution in [3.05, 3.63) is 51.6 Å². The molecule has 0 aliphatic carbocycles. The van der Waals surface area contributed by atoms with Gasteiger partial charge < -0.3 is 5.32 Å². The van der Waals surface area contributed by atoms with Gasteiger partial charge in [-0.15, -0.1) is 11.3 Å². The Balaban J connectivity index is 2.11. The first-order valence-electron chi connectivity index (χ1n) is 6.47. The molecule has 0 aliphatic rings. The van der Waals surface area contributed by atoms with Gasteiger partial charge in [-0.2, -0.15) is 0 Å². The zero-order valence-corrected chi connectivity index (χ0v) is 14.7. The van der Waals surface area contributed by atoms with E-state index in [0.29, 0.717) is 4.88 Å². The summed E-state index contributed by atoms with van der Waals surface area (Å²) < 4.78 is 38.9. The monoisotopic (exact) mass is 376 g/mol. The van der Waals surface area contributed by atoms with Crippen LogP contribution in [0.3, 0.4) is 0 Å². The minimum atomic E-state index is -3.50. The molecule has 2 aromatic rings. The Kier molecular flexibility index (Phi) is 5.41. The van der Waals surface area contributed by atoms with E-state index in [1.807, 2.05) is 0 Å². The number of benzene rings is 1. The first-order valence-corrected chi connectivity index (χ1v) is 9.10. The molecular weight excluding hydrogens is 363 g/mol. The highest BCUT2D eigenvalue weighted by molar-refractivity contribution is 7.91. The van der Waals surface area contributed by atoms with Crippen LogP contribution in [0, 0.1) is 5.82 Å². The molecule has 2 rings (SSSR count). The Morgan fingerprint density at radius 1 is 1.30 bits per heavy atom. The zero-order chi connectivity index (χ0) is 17.2. The summed E-state index contributed by atoms with van der Waals surface area (Å²) in [7, 11) is -0.620. The van der Waals surface area contributed by atoms with Gasteiger partial charge in [-0.1, -0.05) is 17.7 Å². The normalized spacial score (nSPS) is 11.7. The number of nitrogens with zero attached hydrogens (tertiary/aromatic N) is 1. The molecule has 0 atom stereocenters. The van der Waals surface area contributed by atoms with Crippen molar-refractivity contribution in [1.82, 2.24) is 9.62 Å². The molecule has 1 aromatic heterocycles. The molecule has 5 nitrogen and oxygen atoms in total. The number of sulfonamides is 1. The van der Waals surface area contributed by atoms with E-state index < -0.39 is 21.7 Å². The molecule has 0 aliphatic heterocycles. The summed E-state index contributed by atoms with van der Waals surface area (Å²) in [6.07, 6.45) is 0. The van der Waals surface area contributed by atoms with Crippen molar-refractivity contribution >= 4 is 38.9 Å². The minimum Gasteiger partial charge on any atom is -0.347 e. The number of nitrogens with one attached hydrogen (secondary N) is 1. The summed E-state index contributed by atoms with van der Waals surface area (Å²) in [6, 6.07) is 7.05. The number of halogens is 2. The van der Waals surface area contributed by atoms with Gasteiger partial charge in [0.15, 0.2) is 0 Å². The van der Waals surface area contributed by atoms with Crippen molar-refractivity contribution in [2.45, 2.75) is 10.8 Å². The van der Waals surface area contributed by atoms with E-state index in [0.717, 1.165) is 21.7 Å². The van der Waals surface area contributed by atoms with Gasteiger partial charge in [0, 0.05) is 19.0 Å². The molecule has 0 unspecified atom stereocenters. The molecule has 0 fully saturated rings. The fourth-order valence-electron chi connectivity index (χ4n) is 1.74. The standard InChI is InChI=1S/C14H14ClFN2O3S2/c1-18(2)23(20,21)12-7-6-9(22-12)8-17-14(19)13-10(15)4-3-5-11(13)16/h3-7H,8H2,1-2H3,(H,17,19). The van der Waals surface area contributed by atoms with Crippen LogP contribution in [0.1, 0.15) is 15.2 Å². The number of amides is 1. The fraction of sp³-hybridized carbons (Fsp3) is 0.214. The average Bonchev–Trinajstić information content (AvgIpc) is 2.94. The Morgan fingerprint density at radius 3 is 2.61 bits per heavy atom. The minimum absolute atomic E-state index is 0.0181. The Morgan fingerprint density at radius 2 is 2.00 bits per heavy atom. The zero-order valence-electron chi connectivity index (χ0n) is 12.3. The molecule has 1 N–H and O–H groups in total. The van der Waals surface area contributed by atoms with Crippen LogP contribution < -0.4 is 5.32 Å². The summed E-state index contributed by atoms with van der Waals surface area (Å²) in [4.78, 5) is 12.6. The number of rotatable bonds is 5. The van der Waals surface area contributed by atoms with Crippen LogP contribution in [-0.2, 0) is 16.6 Å². The third kappa shape index (κ3) is 3.89. The molecule has 1 amide bonds. The highest BCUT2D eigenvalue weighted by Gasteiger charge is 2.20. The molecule has 0 bridgehead atoms. The molecule has 0 radical (unpaired) electrons. The van der Waals surface area contributed by atoms with Gasteiger partial charge >= 0.3 is 0 Å². The molecule has 9 heteroatoms. The maximum absolute atomic E-state index is 13.6. The molecule has 1 heterocycles. The summed E-state index contributed by atoms with van der Waals surface area (Å²) in [5.41, 5.74) is -0.230. The molecule has 0 saturated carbocycles. The van der Waals surface area contributed by atoms with Crippen molar-refractivity contribution in [1.29, 1.82) is 0 Å². The largest absolute Gasteiger partial charge is 0.347 e. The van der Waals surface area contributed by atoms with Gasteiger partial charge in [0.05, 0.1) is 17.1 Å². The quantitative estimate of drug-likeness (QED) is 0.872. The highest BCUT2D eigenvalue weighted by Crippen LogP contribution is 2.24. The molecule has 23 heavy (non-hydrogen) atoms. The summed E-state index contributed by atoms with van der Waals surface area (Å²) in [5, 5.41) is 2.55. The summed E-state index contributed by atoms with van der Waals surface area (Å²) in [6.45, 7) is 0.0805. The van der Waals surface area contributed by atoms with Gasteiger partial charge in [0.25, 0.3) is 15.9 Å². The summed E-state index contributed by atoms with van der Waals surface area (Å²) in [5.74, 6) is -1.37. The fourth-order valence-corrected chi connectivity index (χ4v) is 4.46. The van der Waals surface area contributed by atoms with Gasteiger partial charge in [0.2, 0.25) is 0 Å². The van der Waals surface area contributed by atoms with E-state index in [4.69, 9.17) is 11.6 Å². The van der Waals surface area contributed by atoms with Gasteiger partial charge in [-0.3, -0.25) is 4.79 Å². The van der Waals surface area contributed by atoms with Crippen LogP contribution in [0.15, 0.2) is 34.5 Å². The van der Waals surface area contributed by atoms with Crippen LogP contribution in [0.2, 0.25) is 5.02 Å². The number of hydrogen-bond donors (Lipinski definition) is 1. The van der Waals surface area contributed by atoms with E-state index in [-0.39, 0.29) is 21.3 Å². The topological polar surface area (TPSA) is 66.5 Å². The number of carbonyl (C=O) groups excluding carboxylic acids is 1. The SMILES string of the molecule is CN(C)S(=O)(=O)c1ccc(CNC(=O)c2c(F)cccc2Cl)s1. The molecule has 124 valence electrons. The van der Waals surface area contributed by atoms with E-state index in [1.54, 1.807) is 6.07 Å². The smallest absolute Gasteiger partial charge is 0.256 e. The van der Waals surface area contributed by atoms with Crippen molar-refractivity contribution in [3.8, 4) is 0 Å². The maximum atomic E-state index is 13.6. The molecule has 0 spiro atoms. The Hall–Kier alpha value is -1.48. The lowest BCUT2D eigenvalue weighted by Gasteiger charge is -2.08. The Labute approximate surface area is 142 Å². The van der Waals surface area contributed by atoms with Crippen molar-refractivity contribution in [2.24, 2.45) is 0 Å². The lowest BCUT2D eigenvalue weighted by atomic mass is 10.2. The number of carbonyl (C=O) groups is 1. The van der Waals surface area contributed by atoms with Crippen molar-refractivity contribution in [3.63, 3.8) is 0 Å². The van der Waals surface area contributed by atoms with E-state index in [2.05, 4.69) is 5.32 Å². The third-order valence-corrected chi connectivity index (χ3v) is 6.67. The van der Waals surface area contributed by atoms with Crippen LogP contribution in [0.5, 0.6) is 0 Å². The number of hydrogen-bond acceptors (Lipinski definition) is 4. The highest BCUT2D eigenvalue weighted by atomic mass is 35.5. The van der Waals surface area contributed by atoms with Crippen LogP contribution in [0.25, 0.3) is 0 Å². The second kappa shape index (κ2) is 6.96. The molecule has 1 aromatic carbocycles. The van der Waals surface area contributed by atoms with Gasteiger partial charge in [0.1, 0.15) is 10.0 Å². The first kappa shape index (κ1) is 17.9. The van der Waals surface area contributed by atoms with Gasteiger partial charge in [-0.05, 0) is 24.3 Å². The second-order valence-electron chi connectivity index (χ2n) is 4.79. The number of thiophene rings is 1. The van der Waals surface area contributed by atoms with Crippen LogP contribution in [-0.4, -0.2) is 32.7 Å². The summed E-state index contributed by atoms with van der Waals surface area (Å²) >= 11 is 6.86. The van der Waals surface area contributed by atoms with E-state index in [1.165, 1.54) is 32.3 Å². The average molecular weight is 377 g/mol. The molecule has 0 saturated heterocycles. The van der Waals surface area contributed by atoms with E-state index >= 15 is 0 Å². The Bertz CT molecular complexity index is 814. The first-order chi connectivity index (χ1) is 10.7. The van der Waals surface area contributed by atoms with Crippen molar-refractivity contribution < 1.29 is 17.6 Å². The predicted molar refractivity (Wildman–Crippen MR) is 87.8 cm³/mol. The van der Waals surface area contributed by atoms with E-state index in [9.17, 15) is 17.6 Å². The lowest BCUT2D eigenvalue weighted by molar-refractivity contribution is 0.0947. The lowest BCUT2D eigenvalue weighted by Crippen LogP contribution is -2.23. The van der Waals surface area contributed by atoms with Crippen LogP contribution >= 0.6 is 22.9 Å². The van der Waals surface area contributed by atoms with Crippen LogP contribution in [0.4, 0.5) is 4.39 Å². The van der Waals surface area contributed by atoms with Crippen molar-refractivity contribution in [2.75, 3.05) is 14.1 Å².